The summed E-state index contributed by atoms with van der Waals surface area (Å²) in [7, 11) is 1.61. The van der Waals surface area contributed by atoms with Gasteiger partial charge in [-0.3, -0.25) is 9.59 Å². The maximum Gasteiger partial charge on any atom is 0.254 e. The van der Waals surface area contributed by atoms with Crippen molar-refractivity contribution in [1.82, 2.24) is 20.4 Å². The number of carbonyl (C=O) groups excluding carboxylic acids is 2. The molecule has 8 heteroatoms. The molecule has 1 saturated carbocycles. The molecular weight excluding hydrogens is 420 g/mol. The first-order chi connectivity index (χ1) is 16.0. The quantitative estimate of drug-likeness (QED) is 0.753. The maximum absolute atomic E-state index is 13.6. The van der Waals surface area contributed by atoms with Crippen molar-refractivity contribution >= 4 is 11.8 Å². The van der Waals surface area contributed by atoms with Crippen molar-refractivity contribution in [3.63, 3.8) is 0 Å². The minimum absolute atomic E-state index is 0.0144. The van der Waals surface area contributed by atoms with Crippen LogP contribution in [0.5, 0.6) is 5.75 Å². The van der Waals surface area contributed by atoms with Gasteiger partial charge in [-0.15, -0.1) is 0 Å². The van der Waals surface area contributed by atoms with Gasteiger partial charge in [0.05, 0.1) is 13.0 Å². The Morgan fingerprint density at radius 1 is 1.15 bits per heavy atom. The minimum Gasteiger partial charge on any atom is -0.497 e. The van der Waals surface area contributed by atoms with E-state index in [1.165, 1.54) is 0 Å². The first-order valence-corrected chi connectivity index (χ1v) is 12.0. The summed E-state index contributed by atoms with van der Waals surface area (Å²) in [4.78, 5) is 33.3. The molecule has 0 bridgehead atoms. The largest absolute Gasteiger partial charge is 0.497 e. The maximum atomic E-state index is 13.6. The lowest BCUT2D eigenvalue weighted by atomic mass is 9.99. The van der Waals surface area contributed by atoms with E-state index in [1.807, 2.05) is 18.7 Å². The standard InChI is InChI=1S/C25H34N4O4/c1-16(2)22-27-24(33-28-22)18-14-20-21(15-18)29(13-7-5-4-6-12-26-23(20)30)25(31)17-8-10-19(32-3)11-9-17/h8-11,16,18,20-21H,4-7,12-15H2,1-3H3,(H,26,30)/t18-,20-,21+/m1/s1. The molecule has 1 aromatic heterocycles. The number of rotatable bonds is 4. The molecule has 33 heavy (non-hydrogen) atoms. The Morgan fingerprint density at radius 3 is 2.61 bits per heavy atom. The fourth-order valence-corrected chi connectivity index (χ4v) is 4.91. The molecule has 1 aliphatic carbocycles. The van der Waals surface area contributed by atoms with Crippen LogP contribution in [0.1, 0.15) is 86.3 Å². The van der Waals surface area contributed by atoms with E-state index >= 15 is 0 Å². The molecular formula is C25H34N4O4. The number of methoxy groups -OCH3 is 1. The molecule has 0 unspecified atom stereocenters. The smallest absolute Gasteiger partial charge is 0.254 e. The third-order valence-corrected chi connectivity index (χ3v) is 6.81. The SMILES string of the molecule is COc1ccc(C(=O)N2CCCCCCNC(=O)[C@@H]3C[C@@H](c4nc(C(C)C)no4)C[C@@H]32)cc1. The van der Waals surface area contributed by atoms with Crippen LogP contribution in [0.3, 0.4) is 0 Å². The van der Waals surface area contributed by atoms with Crippen LogP contribution in [0.4, 0.5) is 0 Å². The zero-order valence-corrected chi connectivity index (χ0v) is 19.8. The average molecular weight is 455 g/mol. The number of benzene rings is 1. The Balaban J connectivity index is 1.63. The summed E-state index contributed by atoms with van der Waals surface area (Å²) in [5.74, 6) is 1.75. The Kier molecular flexibility index (Phi) is 7.30. The highest BCUT2D eigenvalue weighted by Crippen LogP contribution is 2.41. The summed E-state index contributed by atoms with van der Waals surface area (Å²) in [6, 6.07) is 6.97. The Bertz CT molecular complexity index is 956. The van der Waals surface area contributed by atoms with Gasteiger partial charge in [0.1, 0.15) is 5.75 Å². The molecule has 8 nitrogen and oxygen atoms in total. The number of nitrogens with one attached hydrogen (secondary N) is 1. The first kappa shape index (κ1) is 23.3. The molecule has 2 fully saturated rings. The number of fused-ring (bicyclic) bond motifs is 1. The molecule has 0 radical (unpaired) electrons. The van der Waals surface area contributed by atoms with Crippen molar-refractivity contribution in [3.05, 3.63) is 41.5 Å². The Hall–Kier alpha value is -2.90. The van der Waals surface area contributed by atoms with Crippen LogP contribution in [0.25, 0.3) is 0 Å². The van der Waals surface area contributed by atoms with Crippen LogP contribution in [0.2, 0.25) is 0 Å². The monoisotopic (exact) mass is 454 g/mol. The van der Waals surface area contributed by atoms with Crippen molar-refractivity contribution in [2.75, 3.05) is 20.2 Å². The van der Waals surface area contributed by atoms with Crippen molar-refractivity contribution < 1.29 is 18.8 Å². The predicted octanol–water partition coefficient (Wildman–Crippen LogP) is 3.90. The third kappa shape index (κ3) is 5.20. The van der Waals surface area contributed by atoms with Gasteiger partial charge in [-0.05, 0) is 49.9 Å². The second-order valence-electron chi connectivity index (χ2n) is 9.42. The summed E-state index contributed by atoms with van der Waals surface area (Å²) in [6.45, 7) is 5.36. The molecule has 2 amide bonds. The van der Waals surface area contributed by atoms with E-state index in [2.05, 4.69) is 15.5 Å². The van der Waals surface area contributed by atoms with E-state index in [0.29, 0.717) is 49.0 Å². The normalized spacial score (nSPS) is 24.2. The lowest BCUT2D eigenvalue weighted by Crippen LogP contribution is -2.47. The predicted molar refractivity (Wildman–Crippen MR) is 123 cm³/mol. The fraction of sp³-hybridized carbons (Fsp3) is 0.600. The molecule has 178 valence electrons. The third-order valence-electron chi connectivity index (χ3n) is 6.81. The molecule has 1 saturated heterocycles. The number of carbonyl (C=O) groups is 2. The number of aromatic nitrogens is 2. The second-order valence-corrected chi connectivity index (χ2v) is 9.42. The summed E-state index contributed by atoms with van der Waals surface area (Å²) in [5.41, 5.74) is 0.605. The molecule has 1 aromatic carbocycles. The summed E-state index contributed by atoms with van der Waals surface area (Å²) < 4.78 is 10.8. The molecule has 2 aromatic rings. The van der Waals surface area contributed by atoms with Gasteiger partial charge in [0.25, 0.3) is 5.91 Å². The molecule has 1 aliphatic heterocycles. The lowest BCUT2D eigenvalue weighted by molar-refractivity contribution is -0.126. The van der Waals surface area contributed by atoms with Crippen LogP contribution in [-0.4, -0.2) is 53.1 Å². The summed E-state index contributed by atoms with van der Waals surface area (Å²) >= 11 is 0. The highest BCUT2D eigenvalue weighted by atomic mass is 16.5. The number of ether oxygens (including phenoxy) is 1. The summed E-state index contributed by atoms with van der Waals surface area (Å²) in [6.07, 6.45) is 5.19. The lowest BCUT2D eigenvalue weighted by Gasteiger charge is -2.32. The highest BCUT2D eigenvalue weighted by Gasteiger charge is 2.45. The van der Waals surface area contributed by atoms with Gasteiger partial charge in [0.2, 0.25) is 11.8 Å². The van der Waals surface area contributed by atoms with Crippen LogP contribution >= 0.6 is 0 Å². The average Bonchev–Trinajstić information content (AvgIpc) is 3.47. The van der Waals surface area contributed by atoms with Gasteiger partial charge in [-0.2, -0.15) is 4.98 Å². The van der Waals surface area contributed by atoms with Crippen molar-refractivity contribution in [1.29, 1.82) is 0 Å². The molecule has 2 aliphatic rings. The van der Waals surface area contributed by atoms with Gasteiger partial charge < -0.3 is 19.5 Å². The van der Waals surface area contributed by atoms with Crippen LogP contribution in [0, 0.1) is 5.92 Å². The van der Waals surface area contributed by atoms with E-state index in [-0.39, 0.29) is 35.6 Å². The first-order valence-electron chi connectivity index (χ1n) is 12.0. The molecule has 2 heterocycles. The van der Waals surface area contributed by atoms with Gasteiger partial charge in [-0.25, -0.2) is 0 Å². The number of hydrogen-bond donors (Lipinski definition) is 1. The zero-order valence-electron chi connectivity index (χ0n) is 19.8. The van der Waals surface area contributed by atoms with Crippen LogP contribution < -0.4 is 10.1 Å². The van der Waals surface area contributed by atoms with E-state index in [0.717, 1.165) is 25.7 Å². The summed E-state index contributed by atoms with van der Waals surface area (Å²) in [5, 5.41) is 7.22. The Labute approximate surface area is 195 Å². The molecule has 4 rings (SSSR count). The zero-order chi connectivity index (χ0) is 23.4. The number of amides is 2. The molecule has 1 N–H and O–H groups in total. The second kappa shape index (κ2) is 10.4. The fourth-order valence-electron chi connectivity index (χ4n) is 4.91. The van der Waals surface area contributed by atoms with Gasteiger partial charge in [0, 0.05) is 36.5 Å². The van der Waals surface area contributed by atoms with E-state index in [1.54, 1.807) is 31.4 Å². The minimum atomic E-state index is -0.301. The van der Waals surface area contributed by atoms with Crippen molar-refractivity contribution in [3.8, 4) is 5.75 Å². The molecule has 0 spiro atoms. The number of hydrogen-bond acceptors (Lipinski definition) is 6. The topological polar surface area (TPSA) is 97.6 Å². The van der Waals surface area contributed by atoms with E-state index in [4.69, 9.17) is 9.26 Å². The van der Waals surface area contributed by atoms with Gasteiger partial charge in [-0.1, -0.05) is 31.8 Å². The van der Waals surface area contributed by atoms with Gasteiger partial charge >= 0.3 is 0 Å². The van der Waals surface area contributed by atoms with Crippen molar-refractivity contribution in [2.24, 2.45) is 5.92 Å². The van der Waals surface area contributed by atoms with Crippen molar-refractivity contribution in [2.45, 2.75) is 70.3 Å². The van der Waals surface area contributed by atoms with E-state index < -0.39 is 0 Å². The van der Waals surface area contributed by atoms with Gasteiger partial charge in [0.15, 0.2) is 5.82 Å². The molecule has 3 atom stereocenters. The van der Waals surface area contributed by atoms with E-state index in [9.17, 15) is 9.59 Å². The van der Waals surface area contributed by atoms with Crippen LogP contribution in [0.15, 0.2) is 28.8 Å². The van der Waals surface area contributed by atoms with Crippen LogP contribution in [-0.2, 0) is 4.79 Å². The highest BCUT2D eigenvalue weighted by molar-refractivity contribution is 5.95. The Morgan fingerprint density at radius 2 is 1.91 bits per heavy atom. The number of nitrogens with zero attached hydrogens (tertiary/aromatic N) is 3.